The van der Waals surface area contributed by atoms with E-state index in [2.05, 4.69) is 50.4 Å². The summed E-state index contributed by atoms with van der Waals surface area (Å²) in [7, 11) is 3.91. The predicted molar refractivity (Wildman–Crippen MR) is 79.7 cm³/mol. The van der Waals surface area contributed by atoms with Gasteiger partial charge in [0.15, 0.2) is 0 Å². The highest BCUT2D eigenvalue weighted by atomic mass is 15.3. The first kappa shape index (κ1) is 12.9. The second-order valence-electron chi connectivity index (χ2n) is 4.95. The Labute approximate surface area is 118 Å². The van der Waals surface area contributed by atoms with Gasteiger partial charge in [-0.1, -0.05) is 18.2 Å². The molecule has 104 valence electrons. The van der Waals surface area contributed by atoms with E-state index in [4.69, 9.17) is 0 Å². The molecule has 5 nitrogen and oxygen atoms in total. The zero-order valence-electron chi connectivity index (χ0n) is 11.9. The molecule has 1 aromatic carbocycles. The summed E-state index contributed by atoms with van der Waals surface area (Å²) >= 11 is 0. The van der Waals surface area contributed by atoms with E-state index in [1.165, 1.54) is 16.5 Å². The van der Waals surface area contributed by atoms with Crippen LogP contribution in [0.1, 0.15) is 11.4 Å². The van der Waals surface area contributed by atoms with Crippen molar-refractivity contribution in [2.45, 2.75) is 13.0 Å². The van der Waals surface area contributed by atoms with Crippen molar-refractivity contribution < 1.29 is 0 Å². The van der Waals surface area contributed by atoms with Crippen molar-refractivity contribution in [1.82, 2.24) is 24.6 Å². The first-order valence-corrected chi connectivity index (χ1v) is 6.84. The van der Waals surface area contributed by atoms with Gasteiger partial charge in [-0.2, -0.15) is 5.10 Å². The number of aromatic nitrogens is 4. The van der Waals surface area contributed by atoms with Gasteiger partial charge < -0.3 is 9.88 Å². The maximum atomic E-state index is 4.31. The summed E-state index contributed by atoms with van der Waals surface area (Å²) in [5, 5.41) is 8.66. The lowest BCUT2D eigenvalue weighted by atomic mass is 10.1. The smallest absolute Gasteiger partial charge is 0.146 e. The Bertz CT molecular complexity index is 710. The largest absolute Gasteiger partial charge is 0.340 e. The van der Waals surface area contributed by atoms with E-state index < -0.39 is 0 Å². The highest BCUT2D eigenvalue weighted by molar-refractivity contribution is 5.84. The minimum atomic E-state index is 0.747. The number of likely N-dealkylation sites (N-methyl/N-ethyl adjacent to an activating group) is 1. The van der Waals surface area contributed by atoms with E-state index in [0.29, 0.717) is 0 Å². The van der Waals surface area contributed by atoms with Crippen LogP contribution in [0.5, 0.6) is 0 Å². The fourth-order valence-electron chi connectivity index (χ4n) is 2.53. The summed E-state index contributed by atoms with van der Waals surface area (Å²) < 4.78 is 4.08. The van der Waals surface area contributed by atoms with Crippen LogP contribution >= 0.6 is 0 Å². The molecule has 0 saturated carbocycles. The van der Waals surface area contributed by atoms with Crippen LogP contribution in [0.2, 0.25) is 0 Å². The molecule has 0 unspecified atom stereocenters. The molecule has 0 aliphatic rings. The van der Waals surface area contributed by atoms with Gasteiger partial charge in [0.05, 0.1) is 6.54 Å². The molecule has 0 atom stereocenters. The molecule has 5 heteroatoms. The number of fused-ring (bicyclic) bond motifs is 1. The topological polar surface area (TPSA) is 47.7 Å². The third-order valence-electron chi connectivity index (χ3n) is 3.63. The van der Waals surface area contributed by atoms with Crippen LogP contribution in [0.25, 0.3) is 10.9 Å². The molecule has 20 heavy (non-hydrogen) atoms. The maximum absolute atomic E-state index is 4.31. The molecule has 3 aromatic rings. The van der Waals surface area contributed by atoms with Gasteiger partial charge in [-0.15, -0.1) is 0 Å². The molecule has 0 bridgehead atoms. The fraction of sp³-hybridized carbons (Fsp3) is 0.333. The zero-order chi connectivity index (χ0) is 13.9. The molecular formula is C15H19N5. The number of nitrogens with one attached hydrogen (secondary N) is 1. The standard InChI is InChI=1S/C15H19N5/c1-16-8-7-12-9-20(10-15-17-11-18-19(15)2)14-6-4-3-5-13(12)14/h3-6,9,11,16H,7-8,10H2,1-2H3. The van der Waals surface area contributed by atoms with Crippen molar-refractivity contribution in [1.29, 1.82) is 0 Å². The molecule has 2 heterocycles. The van der Waals surface area contributed by atoms with E-state index in [0.717, 1.165) is 25.3 Å². The zero-order valence-corrected chi connectivity index (χ0v) is 11.9. The summed E-state index contributed by atoms with van der Waals surface area (Å²) in [5.74, 6) is 0.964. The summed E-state index contributed by atoms with van der Waals surface area (Å²) in [6.07, 6.45) is 4.86. The lowest BCUT2D eigenvalue weighted by Crippen LogP contribution is -2.10. The maximum Gasteiger partial charge on any atom is 0.146 e. The highest BCUT2D eigenvalue weighted by Crippen LogP contribution is 2.22. The van der Waals surface area contributed by atoms with Crippen molar-refractivity contribution in [2.24, 2.45) is 7.05 Å². The summed E-state index contributed by atoms with van der Waals surface area (Å²) in [4.78, 5) is 4.31. The minimum Gasteiger partial charge on any atom is -0.340 e. The molecule has 3 rings (SSSR count). The first-order valence-electron chi connectivity index (χ1n) is 6.84. The Morgan fingerprint density at radius 1 is 1.25 bits per heavy atom. The summed E-state index contributed by atoms with van der Waals surface area (Å²) in [5.41, 5.74) is 2.62. The number of aryl methyl sites for hydroxylation is 1. The van der Waals surface area contributed by atoms with Gasteiger partial charge in [0.1, 0.15) is 12.2 Å². The van der Waals surface area contributed by atoms with E-state index in [9.17, 15) is 0 Å². The number of hydrogen-bond acceptors (Lipinski definition) is 3. The Balaban J connectivity index is 2.00. The van der Waals surface area contributed by atoms with Crippen molar-refractivity contribution in [2.75, 3.05) is 13.6 Å². The van der Waals surface area contributed by atoms with Crippen molar-refractivity contribution >= 4 is 10.9 Å². The van der Waals surface area contributed by atoms with E-state index >= 15 is 0 Å². The van der Waals surface area contributed by atoms with Crippen LogP contribution in [-0.4, -0.2) is 32.9 Å². The summed E-state index contributed by atoms with van der Waals surface area (Å²) in [6, 6.07) is 8.53. The van der Waals surface area contributed by atoms with Crippen LogP contribution < -0.4 is 5.32 Å². The van der Waals surface area contributed by atoms with Crippen LogP contribution in [0.15, 0.2) is 36.8 Å². The molecule has 0 saturated heterocycles. The Hall–Kier alpha value is -2.14. The summed E-state index contributed by atoms with van der Waals surface area (Å²) in [6.45, 7) is 1.73. The van der Waals surface area contributed by atoms with Gasteiger partial charge in [-0.25, -0.2) is 4.98 Å². The van der Waals surface area contributed by atoms with Crippen molar-refractivity contribution in [3.63, 3.8) is 0 Å². The lowest BCUT2D eigenvalue weighted by molar-refractivity contribution is 0.662. The molecule has 0 fully saturated rings. The van der Waals surface area contributed by atoms with Gasteiger partial charge >= 0.3 is 0 Å². The average molecular weight is 269 g/mol. The highest BCUT2D eigenvalue weighted by Gasteiger charge is 2.09. The van der Waals surface area contributed by atoms with Gasteiger partial charge in [-0.3, -0.25) is 4.68 Å². The van der Waals surface area contributed by atoms with E-state index in [1.807, 2.05) is 18.8 Å². The number of nitrogens with zero attached hydrogens (tertiary/aromatic N) is 4. The van der Waals surface area contributed by atoms with Gasteiger partial charge in [0.25, 0.3) is 0 Å². The molecule has 0 amide bonds. The SMILES string of the molecule is CNCCc1cn(Cc2ncnn2C)c2ccccc12. The predicted octanol–water partition coefficient (Wildman–Crippen LogP) is 1.58. The fourth-order valence-corrected chi connectivity index (χ4v) is 2.53. The van der Waals surface area contributed by atoms with Gasteiger partial charge in [0, 0.05) is 24.1 Å². The second-order valence-corrected chi connectivity index (χ2v) is 4.95. The monoisotopic (exact) mass is 269 g/mol. The minimum absolute atomic E-state index is 0.747. The number of rotatable bonds is 5. The lowest BCUT2D eigenvalue weighted by Gasteiger charge is -2.04. The van der Waals surface area contributed by atoms with E-state index in [1.54, 1.807) is 6.33 Å². The molecule has 2 aromatic heterocycles. The van der Waals surface area contributed by atoms with Crippen LogP contribution in [0, 0.1) is 0 Å². The Morgan fingerprint density at radius 3 is 2.85 bits per heavy atom. The molecule has 0 aliphatic carbocycles. The van der Waals surface area contributed by atoms with Crippen LogP contribution in [-0.2, 0) is 20.0 Å². The van der Waals surface area contributed by atoms with Crippen molar-refractivity contribution in [3.8, 4) is 0 Å². The quantitative estimate of drug-likeness (QED) is 0.765. The molecule has 0 radical (unpaired) electrons. The average Bonchev–Trinajstić information content (AvgIpc) is 3.02. The van der Waals surface area contributed by atoms with Crippen molar-refractivity contribution in [3.05, 3.63) is 48.2 Å². The Morgan fingerprint density at radius 2 is 2.10 bits per heavy atom. The molecular weight excluding hydrogens is 250 g/mol. The normalized spacial score (nSPS) is 11.3. The molecule has 1 N–H and O–H groups in total. The van der Waals surface area contributed by atoms with Crippen LogP contribution in [0.3, 0.4) is 0 Å². The number of para-hydroxylation sites is 1. The number of benzene rings is 1. The molecule has 0 spiro atoms. The Kier molecular flexibility index (Phi) is 3.52. The first-order chi connectivity index (χ1) is 9.79. The van der Waals surface area contributed by atoms with E-state index in [-0.39, 0.29) is 0 Å². The second kappa shape index (κ2) is 5.46. The van der Waals surface area contributed by atoms with Crippen LogP contribution in [0.4, 0.5) is 0 Å². The molecule has 0 aliphatic heterocycles. The number of hydrogen-bond donors (Lipinski definition) is 1. The van der Waals surface area contributed by atoms with Gasteiger partial charge in [-0.05, 0) is 31.6 Å². The van der Waals surface area contributed by atoms with Gasteiger partial charge in [0.2, 0.25) is 0 Å². The third kappa shape index (κ3) is 2.32. The third-order valence-corrected chi connectivity index (χ3v) is 3.63.